The van der Waals surface area contributed by atoms with Crippen LogP contribution in [0.2, 0.25) is 0 Å². The van der Waals surface area contributed by atoms with E-state index in [4.69, 9.17) is 4.74 Å². The van der Waals surface area contributed by atoms with Crippen molar-refractivity contribution in [2.24, 2.45) is 0 Å². The topological polar surface area (TPSA) is 79.9 Å². The molecular formula is C13H14N4O2. The molecule has 0 bridgehead atoms. The number of para-hydroxylation sites is 1. The second-order valence-electron chi connectivity index (χ2n) is 4.39. The molecule has 0 spiro atoms. The van der Waals surface area contributed by atoms with Gasteiger partial charge >= 0.3 is 0 Å². The highest BCUT2D eigenvalue weighted by Crippen LogP contribution is 2.27. The highest BCUT2D eigenvalue weighted by molar-refractivity contribution is 5.82. The molecule has 98 valence electrons. The zero-order valence-corrected chi connectivity index (χ0v) is 10.3. The van der Waals surface area contributed by atoms with Gasteiger partial charge in [0.2, 0.25) is 0 Å². The fraction of sp³-hybridized carbons (Fsp3) is 0.308. The summed E-state index contributed by atoms with van der Waals surface area (Å²) >= 11 is 0. The van der Waals surface area contributed by atoms with Crippen molar-refractivity contribution < 1.29 is 9.53 Å². The van der Waals surface area contributed by atoms with E-state index in [2.05, 4.69) is 20.5 Å². The Morgan fingerprint density at radius 3 is 3.16 bits per heavy atom. The number of hydrogen-bond acceptors (Lipinski definition) is 4. The number of carbonyl (C=O) groups excluding carboxylic acids is 1. The third kappa shape index (κ3) is 2.57. The van der Waals surface area contributed by atoms with E-state index in [0.29, 0.717) is 19.4 Å². The lowest BCUT2D eigenvalue weighted by molar-refractivity contribution is -0.127. The summed E-state index contributed by atoms with van der Waals surface area (Å²) in [4.78, 5) is 16.0. The molecule has 2 aromatic rings. The van der Waals surface area contributed by atoms with E-state index in [-0.39, 0.29) is 5.91 Å². The van der Waals surface area contributed by atoms with Crippen molar-refractivity contribution in [3.05, 3.63) is 42.0 Å². The van der Waals surface area contributed by atoms with Crippen molar-refractivity contribution in [3.63, 3.8) is 0 Å². The number of aromatic nitrogens is 3. The Bertz CT molecular complexity index is 543. The standard InChI is InChI=1S/C13H14N4O2/c18-13(14-6-5-12-15-8-16-17-12)11-7-9-3-1-2-4-10(9)19-11/h1-4,8,11H,5-7H2,(H,14,18)(H,15,16,17). The first-order chi connectivity index (χ1) is 9.33. The molecule has 19 heavy (non-hydrogen) atoms. The summed E-state index contributed by atoms with van der Waals surface area (Å²) in [6.45, 7) is 0.518. The van der Waals surface area contributed by atoms with Crippen molar-refractivity contribution in [2.45, 2.75) is 18.9 Å². The van der Waals surface area contributed by atoms with E-state index in [1.165, 1.54) is 6.33 Å². The molecule has 1 atom stereocenters. The van der Waals surface area contributed by atoms with E-state index in [0.717, 1.165) is 17.1 Å². The fourth-order valence-corrected chi connectivity index (χ4v) is 2.10. The second-order valence-corrected chi connectivity index (χ2v) is 4.39. The van der Waals surface area contributed by atoms with Gasteiger partial charge in [0.15, 0.2) is 6.10 Å². The summed E-state index contributed by atoms with van der Waals surface area (Å²) < 4.78 is 5.61. The molecular weight excluding hydrogens is 244 g/mol. The van der Waals surface area contributed by atoms with Gasteiger partial charge in [-0.1, -0.05) is 18.2 Å². The molecule has 0 radical (unpaired) electrons. The van der Waals surface area contributed by atoms with E-state index >= 15 is 0 Å². The average molecular weight is 258 g/mol. The minimum atomic E-state index is -0.424. The minimum Gasteiger partial charge on any atom is -0.480 e. The maximum atomic E-state index is 12.0. The van der Waals surface area contributed by atoms with Gasteiger partial charge in [0.05, 0.1) is 0 Å². The molecule has 0 aliphatic carbocycles. The maximum Gasteiger partial charge on any atom is 0.261 e. The number of amides is 1. The van der Waals surface area contributed by atoms with Crippen LogP contribution in [0.1, 0.15) is 11.4 Å². The summed E-state index contributed by atoms with van der Waals surface area (Å²) in [5.41, 5.74) is 1.08. The Labute approximate surface area is 110 Å². The van der Waals surface area contributed by atoms with Crippen molar-refractivity contribution in [1.29, 1.82) is 0 Å². The quantitative estimate of drug-likeness (QED) is 0.835. The molecule has 2 heterocycles. The lowest BCUT2D eigenvalue weighted by Gasteiger charge is -2.10. The summed E-state index contributed by atoms with van der Waals surface area (Å²) in [7, 11) is 0. The highest BCUT2D eigenvalue weighted by atomic mass is 16.5. The molecule has 6 nitrogen and oxygen atoms in total. The predicted octanol–water partition coefficient (Wildman–Crippen LogP) is 0.467. The summed E-state index contributed by atoms with van der Waals surface area (Å²) in [6, 6.07) is 7.73. The zero-order chi connectivity index (χ0) is 13.1. The maximum absolute atomic E-state index is 12.0. The van der Waals surface area contributed by atoms with Gasteiger partial charge in [-0.3, -0.25) is 9.89 Å². The molecule has 2 N–H and O–H groups in total. The van der Waals surface area contributed by atoms with Crippen molar-refractivity contribution in [2.75, 3.05) is 6.54 Å². The van der Waals surface area contributed by atoms with Gasteiger partial charge < -0.3 is 10.1 Å². The monoisotopic (exact) mass is 258 g/mol. The lowest BCUT2D eigenvalue weighted by atomic mass is 10.1. The van der Waals surface area contributed by atoms with Crippen LogP contribution >= 0.6 is 0 Å². The molecule has 1 unspecified atom stereocenters. The summed E-state index contributed by atoms with van der Waals surface area (Å²) in [5, 5.41) is 9.35. The van der Waals surface area contributed by atoms with Crippen LogP contribution in [0.3, 0.4) is 0 Å². The Balaban J connectivity index is 1.50. The van der Waals surface area contributed by atoms with E-state index in [9.17, 15) is 4.79 Å². The van der Waals surface area contributed by atoms with Gasteiger partial charge in [-0.25, -0.2) is 4.98 Å². The first-order valence-electron chi connectivity index (χ1n) is 6.19. The molecule has 1 aromatic heterocycles. The van der Waals surface area contributed by atoms with Crippen molar-refractivity contribution in [1.82, 2.24) is 20.5 Å². The van der Waals surface area contributed by atoms with Gasteiger partial charge in [0, 0.05) is 19.4 Å². The number of nitrogens with zero attached hydrogens (tertiary/aromatic N) is 2. The lowest BCUT2D eigenvalue weighted by Crippen LogP contribution is -2.38. The Morgan fingerprint density at radius 1 is 1.47 bits per heavy atom. The number of rotatable bonds is 4. The Morgan fingerprint density at radius 2 is 2.37 bits per heavy atom. The molecule has 3 rings (SSSR count). The van der Waals surface area contributed by atoms with Gasteiger partial charge in [-0.05, 0) is 11.6 Å². The molecule has 1 aromatic carbocycles. The fourth-order valence-electron chi connectivity index (χ4n) is 2.10. The molecule has 1 aliphatic heterocycles. The van der Waals surface area contributed by atoms with Crippen LogP contribution in [0.15, 0.2) is 30.6 Å². The molecule has 6 heteroatoms. The van der Waals surface area contributed by atoms with Crippen LogP contribution < -0.4 is 10.1 Å². The van der Waals surface area contributed by atoms with Crippen LogP contribution in [0.5, 0.6) is 5.75 Å². The molecule has 1 aliphatic rings. The number of ether oxygens (including phenoxy) is 1. The smallest absolute Gasteiger partial charge is 0.261 e. The van der Waals surface area contributed by atoms with E-state index in [1.54, 1.807) is 0 Å². The number of carbonyl (C=O) groups is 1. The average Bonchev–Trinajstić information content (AvgIpc) is 3.07. The van der Waals surface area contributed by atoms with Crippen molar-refractivity contribution in [3.8, 4) is 5.75 Å². The molecule has 0 fully saturated rings. The summed E-state index contributed by atoms with van der Waals surface area (Å²) in [6.07, 6.45) is 2.29. The highest BCUT2D eigenvalue weighted by Gasteiger charge is 2.28. The van der Waals surface area contributed by atoms with E-state index in [1.807, 2.05) is 24.3 Å². The van der Waals surface area contributed by atoms with Gasteiger partial charge in [-0.15, -0.1) is 0 Å². The van der Waals surface area contributed by atoms with Crippen LogP contribution in [-0.4, -0.2) is 33.7 Å². The minimum absolute atomic E-state index is 0.0873. The van der Waals surface area contributed by atoms with Gasteiger partial charge in [-0.2, -0.15) is 5.10 Å². The first kappa shape index (κ1) is 11.7. The number of benzene rings is 1. The van der Waals surface area contributed by atoms with Crippen LogP contribution in [0, 0.1) is 0 Å². The van der Waals surface area contributed by atoms with Crippen LogP contribution in [-0.2, 0) is 17.6 Å². The van der Waals surface area contributed by atoms with Crippen molar-refractivity contribution >= 4 is 5.91 Å². The Kier molecular flexibility index (Phi) is 3.14. The SMILES string of the molecule is O=C(NCCc1ncn[nH]1)C1Cc2ccccc2O1. The number of fused-ring (bicyclic) bond motifs is 1. The number of hydrogen-bond donors (Lipinski definition) is 2. The molecule has 0 saturated carbocycles. The first-order valence-corrected chi connectivity index (χ1v) is 6.19. The van der Waals surface area contributed by atoms with Gasteiger partial charge in [0.1, 0.15) is 17.9 Å². The van der Waals surface area contributed by atoms with Gasteiger partial charge in [0.25, 0.3) is 5.91 Å². The number of H-pyrrole nitrogens is 1. The van der Waals surface area contributed by atoms with Crippen LogP contribution in [0.4, 0.5) is 0 Å². The van der Waals surface area contributed by atoms with Crippen LogP contribution in [0.25, 0.3) is 0 Å². The normalized spacial score (nSPS) is 16.7. The summed E-state index contributed by atoms with van der Waals surface area (Å²) in [5.74, 6) is 1.48. The molecule has 0 saturated heterocycles. The number of aromatic amines is 1. The van der Waals surface area contributed by atoms with E-state index < -0.39 is 6.10 Å². The predicted molar refractivity (Wildman–Crippen MR) is 67.7 cm³/mol. The second kappa shape index (κ2) is 5.09. The third-order valence-corrected chi connectivity index (χ3v) is 3.07. The largest absolute Gasteiger partial charge is 0.480 e. The third-order valence-electron chi connectivity index (χ3n) is 3.07. The Hall–Kier alpha value is -2.37. The molecule has 1 amide bonds. The zero-order valence-electron chi connectivity index (χ0n) is 10.3. The number of nitrogens with one attached hydrogen (secondary N) is 2.